The number of nitrogens with one attached hydrogen (secondary N) is 1. The van der Waals surface area contributed by atoms with E-state index in [9.17, 15) is 31.7 Å². The number of ether oxygens (including phenoxy) is 1. The van der Waals surface area contributed by atoms with Gasteiger partial charge in [0, 0.05) is 35.4 Å². The Labute approximate surface area is 243 Å². The summed E-state index contributed by atoms with van der Waals surface area (Å²) in [5, 5.41) is 14.2. The van der Waals surface area contributed by atoms with Gasteiger partial charge in [0.05, 0.1) is 27.5 Å². The number of hydrogen-bond donors (Lipinski definition) is 1. The van der Waals surface area contributed by atoms with Crippen LogP contribution in [0.1, 0.15) is 19.4 Å². The number of hydrogen-bond acceptors (Lipinski definition) is 8. The number of nitro benzene ring substituents is 1. The van der Waals surface area contributed by atoms with Gasteiger partial charge in [-0.2, -0.15) is 4.31 Å². The van der Waals surface area contributed by atoms with Crippen molar-refractivity contribution in [2.75, 3.05) is 36.4 Å². The van der Waals surface area contributed by atoms with Crippen LogP contribution >= 0.6 is 11.6 Å². The first-order valence-corrected chi connectivity index (χ1v) is 15.5. The summed E-state index contributed by atoms with van der Waals surface area (Å²) in [6.45, 7) is 4.73. The molecule has 0 aromatic heterocycles. The fourth-order valence-electron chi connectivity index (χ4n) is 3.99. The first kappa shape index (κ1) is 31.8. The molecule has 0 heterocycles. The van der Waals surface area contributed by atoms with Gasteiger partial charge in [-0.1, -0.05) is 31.5 Å². The summed E-state index contributed by atoms with van der Waals surface area (Å²) < 4.78 is 60.5. The van der Waals surface area contributed by atoms with Crippen molar-refractivity contribution in [1.29, 1.82) is 0 Å². The molecule has 3 aromatic carbocycles. The maximum atomic E-state index is 13.8. The van der Waals surface area contributed by atoms with Crippen LogP contribution in [0.2, 0.25) is 5.02 Å². The summed E-state index contributed by atoms with van der Waals surface area (Å²) in [5.41, 5.74) is -0.00718. The molecule has 41 heavy (non-hydrogen) atoms. The van der Waals surface area contributed by atoms with Gasteiger partial charge in [-0.25, -0.2) is 16.8 Å². The van der Waals surface area contributed by atoms with E-state index in [-0.39, 0.29) is 32.6 Å². The van der Waals surface area contributed by atoms with Gasteiger partial charge < -0.3 is 10.1 Å². The van der Waals surface area contributed by atoms with E-state index in [4.69, 9.17) is 16.3 Å². The molecule has 0 saturated carbocycles. The van der Waals surface area contributed by atoms with E-state index >= 15 is 0 Å². The molecule has 0 aliphatic rings. The highest BCUT2D eigenvalue weighted by molar-refractivity contribution is 7.93. The van der Waals surface area contributed by atoms with Crippen molar-refractivity contribution in [1.82, 2.24) is 4.31 Å². The molecule has 0 bridgehead atoms. The first-order valence-electron chi connectivity index (χ1n) is 12.3. The number of sulfonamides is 2. The van der Waals surface area contributed by atoms with E-state index in [0.717, 1.165) is 10.4 Å². The number of nitrogens with zero attached hydrogens (tertiary/aromatic N) is 3. The predicted molar refractivity (Wildman–Crippen MR) is 156 cm³/mol. The number of carbonyl (C=O) groups excluding carboxylic acids is 1. The van der Waals surface area contributed by atoms with Gasteiger partial charge in [-0.05, 0) is 55.5 Å². The fraction of sp³-hybridized carbons (Fsp3) is 0.269. The molecule has 0 aliphatic carbocycles. The van der Waals surface area contributed by atoms with E-state index in [1.807, 2.05) is 0 Å². The van der Waals surface area contributed by atoms with Crippen molar-refractivity contribution in [3.63, 3.8) is 0 Å². The van der Waals surface area contributed by atoms with E-state index in [2.05, 4.69) is 5.32 Å². The van der Waals surface area contributed by atoms with Gasteiger partial charge >= 0.3 is 0 Å². The Bertz CT molecular complexity index is 1660. The number of methoxy groups -OCH3 is 1. The number of amides is 1. The van der Waals surface area contributed by atoms with E-state index in [1.165, 1.54) is 72.9 Å². The van der Waals surface area contributed by atoms with Gasteiger partial charge in [-0.15, -0.1) is 0 Å². The lowest BCUT2D eigenvalue weighted by Gasteiger charge is -2.26. The molecule has 15 heteroatoms. The third kappa shape index (κ3) is 6.96. The van der Waals surface area contributed by atoms with Gasteiger partial charge in [0.1, 0.15) is 12.3 Å². The van der Waals surface area contributed by atoms with Crippen LogP contribution in [0.25, 0.3) is 0 Å². The summed E-state index contributed by atoms with van der Waals surface area (Å²) in [4.78, 5) is 23.5. The normalized spacial score (nSPS) is 11.8. The van der Waals surface area contributed by atoms with E-state index in [1.54, 1.807) is 13.8 Å². The second-order valence-electron chi connectivity index (χ2n) is 8.70. The molecule has 0 unspecified atom stereocenters. The first-order chi connectivity index (χ1) is 19.3. The Morgan fingerprint density at radius 3 is 2.12 bits per heavy atom. The SMILES string of the molecule is CCN(CC)S(=O)(=O)c1ccc(NC(=O)CN(c2cc(Cl)ccc2OC)S(=O)(=O)c2ccc(C)c([N+](=O)[O-])c2)cc1. The quantitative estimate of drug-likeness (QED) is 0.229. The highest BCUT2D eigenvalue weighted by Gasteiger charge is 2.31. The molecule has 220 valence electrons. The molecule has 1 N–H and O–H groups in total. The van der Waals surface area contributed by atoms with E-state index < -0.39 is 48.0 Å². The van der Waals surface area contributed by atoms with E-state index in [0.29, 0.717) is 13.1 Å². The van der Waals surface area contributed by atoms with Crippen LogP contribution in [0.3, 0.4) is 0 Å². The zero-order valence-corrected chi connectivity index (χ0v) is 25.1. The summed E-state index contributed by atoms with van der Waals surface area (Å²) in [6.07, 6.45) is 0. The second-order valence-corrected chi connectivity index (χ2v) is 12.9. The summed E-state index contributed by atoms with van der Waals surface area (Å²) in [7, 11) is -6.97. The van der Waals surface area contributed by atoms with Crippen LogP contribution in [0.5, 0.6) is 5.75 Å². The Kier molecular flexibility index (Phi) is 9.97. The number of anilines is 2. The van der Waals surface area contributed by atoms with Crippen molar-refractivity contribution in [3.05, 3.63) is 81.4 Å². The molecule has 0 atom stereocenters. The Balaban J connectivity index is 2.00. The van der Waals surface area contributed by atoms with Gasteiger partial charge in [-0.3, -0.25) is 19.2 Å². The maximum Gasteiger partial charge on any atom is 0.273 e. The minimum absolute atomic E-state index is 0.0352. The zero-order chi connectivity index (χ0) is 30.5. The van der Waals surface area contributed by atoms with Crippen LogP contribution in [0.15, 0.2) is 70.5 Å². The number of rotatable bonds is 12. The Morgan fingerprint density at radius 2 is 1.56 bits per heavy atom. The monoisotopic (exact) mass is 624 g/mol. The van der Waals surface area contributed by atoms with Gasteiger partial charge in [0.25, 0.3) is 15.7 Å². The van der Waals surface area contributed by atoms with Crippen LogP contribution in [0.4, 0.5) is 17.1 Å². The number of nitro groups is 1. The molecule has 0 fully saturated rings. The fourth-order valence-corrected chi connectivity index (χ4v) is 7.05. The minimum Gasteiger partial charge on any atom is -0.495 e. The standard InChI is InChI=1S/C26H29ClN4O8S2/c1-5-29(6-2)40(35,36)21-12-9-20(10-13-21)28-26(32)17-30(24-15-19(27)8-14-25(24)39-4)41(37,38)22-11-7-18(3)23(16-22)31(33)34/h7-16H,5-6,17H2,1-4H3,(H,28,32). The summed E-state index contributed by atoms with van der Waals surface area (Å²) in [5.74, 6) is -0.699. The summed E-state index contributed by atoms with van der Waals surface area (Å²) in [6, 6.07) is 13.0. The third-order valence-electron chi connectivity index (χ3n) is 6.14. The molecular weight excluding hydrogens is 596 g/mol. The van der Waals surface area contributed by atoms with Crippen molar-refractivity contribution < 1.29 is 31.3 Å². The maximum absolute atomic E-state index is 13.8. The number of carbonyl (C=O) groups is 1. The predicted octanol–water partition coefficient (Wildman–Crippen LogP) is 4.43. The van der Waals surface area contributed by atoms with Crippen molar-refractivity contribution >= 4 is 54.6 Å². The van der Waals surface area contributed by atoms with Crippen LogP contribution in [0, 0.1) is 17.0 Å². The highest BCUT2D eigenvalue weighted by Crippen LogP contribution is 2.36. The molecule has 3 rings (SSSR count). The van der Waals surface area contributed by atoms with Crippen molar-refractivity contribution in [2.24, 2.45) is 0 Å². The average Bonchev–Trinajstić information content (AvgIpc) is 2.92. The number of halogens is 1. The summed E-state index contributed by atoms with van der Waals surface area (Å²) >= 11 is 6.14. The smallest absolute Gasteiger partial charge is 0.273 e. The van der Waals surface area contributed by atoms with Gasteiger partial charge in [0.2, 0.25) is 15.9 Å². The van der Waals surface area contributed by atoms with Crippen LogP contribution < -0.4 is 14.4 Å². The Morgan fingerprint density at radius 1 is 0.951 bits per heavy atom. The lowest BCUT2D eigenvalue weighted by molar-refractivity contribution is -0.385. The molecule has 12 nitrogen and oxygen atoms in total. The van der Waals surface area contributed by atoms with Crippen molar-refractivity contribution in [3.8, 4) is 5.75 Å². The zero-order valence-electron chi connectivity index (χ0n) is 22.7. The lowest BCUT2D eigenvalue weighted by Crippen LogP contribution is -2.38. The molecule has 0 saturated heterocycles. The van der Waals surface area contributed by atoms with Crippen molar-refractivity contribution in [2.45, 2.75) is 30.6 Å². The van der Waals surface area contributed by atoms with Crippen LogP contribution in [-0.4, -0.2) is 58.7 Å². The molecule has 0 spiro atoms. The van der Waals surface area contributed by atoms with Crippen LogP contribution in [-0.2, 0) is 24.8 Å². The minimum atomic E-state index is -4.56. The number of aryl methyl sites for hydroxylation is 1. The molecule has 1 amide bonds. The largest absolute Gasteiger partial charge is 0.495 e. The lowest BCUT2D eigenvalue weighted by atomic mass is 10.2. The van der Waals surface area contributed by atoms with Gasteiger partial charge in [0.15, 0.2) is 0 Å². The topological polar surface area (TPSA) is 156 Å². The second kappa shape index (κ2) is 12.9. The number of benzene rings is 3. The third-order valence-corrected chi connectivity index (χ3v) is 10.2. The molecule has 0 radical (unpaired) electrons. The molecule has 0 aliphatic heterocycles. The Hall–Kier alpha value is -3.72. The highest BCUT2D eigenvalue weighted by atomic mass is 35.5. The molecule has 3 aromatic rings. The average molecular weight is 625 g/mol. The molecular formula is C26H29ClN4O8S2.